The maximum absolute atomic E-state index is 13.4. The number of aromatic nitrogens is 3. The van der Waals surface area contributed by atoms with Crippen LogP contribution in [0.2, 0.25) is 0 Å². The molecular formula is C16H21FN4OS. The van der Waals surface area contributed by atoms with Crippen molar-refractivity contribution < 1.29 is 13.3 Å². The summed E-state index contributed by atoms with van der Waals surface area (Å²) in [5, 5.41) is 4.34. The summed E-state index contributed by atoms with van der Waals surface area (Å²) in [5.41, 5.74) is 1.67. The smallest absolute Gasteiger partial charge is 0.230 e. The largest absolute Gasteiger partial charge is 0.309 e. The molecule has 0 aliphatic carbocycles. The zero-order valence-electron chi connectivity index (χ0n) is 16.3. The van der Waals surface area contributed by atoms with Crippen LogP contribution in [0.3, 0.4) is 0 Å². The molecule has 1 atom stereocenters. The first kappa shape index (κ1) is 13.5. The number of aryl methyl sites for hydroxylation is 1. The second kappa shape index (κ2) is 7.59. The van der Waals surface area contributed by atoms with E-state index in [1.54, 1.807) is 24.9 Å². The summed E-state index contributed by atoms with van der Waals surface area (Å²) in [6, 6.07) is 1.30. The van der Waals surface area contributed by atoms with E-state index in [9.17, 15) is 9.18 Å². The monoisotopic (exact) mass is 339 g/mol. The summed E-state index contributed by atoms with van der Waals surface area (Å²) in [4.78, 5) is 18.1. The van der Waals surface area contributed by atoms with Gasteiger partial charge in [-0.15, -0.1) is 0 Å². The fourth-order valence-corrected chi connectivity index (χ4v) is 2.67. The molecule has 0 aromatic carbocycles. The highest BCUT2D eigenvalue weighted by molar-refractivity contribution is 7.98. The summed E-state index contributed by atoms with van der Waals surface area (Å²) < 4.78 is 36.6. The van der Waals surface area contributed by atoms with Gasteiger partial charge in [0.1, 0.15) is 5.82 Å². The highest BCUT2D eigenvalue weighted by Gasteiger charge is 2.23. The molecule has 0 radical (unpaired) electrons. The number of hydrogen-bond donors (Lipinski definition) is 0. The van der Waals surface area contributed by atoms with E-state index in [1.807, 2.05) is 6.92 Å². The molecule has 0 saturated carbocycles. The third-order valence-corrected chi connectivity index (χ3v) is 4.12. The average Bonchev–Trinajstić information content (AvgIpc) is 2.94. The van der Waals surface area contributed by atoms with Crippen LogP contribution in [0, 0.1) is 18.7 Å². The van der Waals surface area contributed by atoms with Gasteiger partial charge < -0.3 is 4.90 Å². The summed E-state index contributed by atoms with van der Waals surface area (Å²) >= 11 is 0.783. The van der Waals surface area contributed by atoms with Crippen LogP contribution in [0.5, 0.6) is 0 Å². The maximum Gasteiger partial charge on any atom is 0.230 e. The Bertz CT molecular complexity index is 781. The number of thioether (sulfide) groups is 1. The molecule has 2 heterocycles. The lowest BCUT2D eigenvalue weighted by Crippen LogP contribution is -2.36. The van der Waals surface area contributed by atoms with Crippen LogP contribution >= 0.6 is 11.8 Å². The molecule has 1 unspecified atom stereocenters. The maximum atomic E-state index is 13.4. The van der Waals surface area contributed by atoms with E-state index in [-0.39, 0.29) is 11.7 Å². The number of halogens is 1. The molecule has 7 heteroatoms. The lowest BCUT2D eigenvalue weighted by molar-refractivity contribution is -0.121. The Balaban J connectivity index is 2.23. The van der Waals surface area contributed by atoms with Gasteiger partial charge in [0.2, 0.25) is 5.91 Å². The summed E-state index contributed by atoms with van der Waals surface area (Å²) in [6.45, 7) is 5.72. The molecule has 2 rings (SSSR count). The van der Waals surface area contributed by atoms with Crippen molar-refractivity contribution in [1.29, 1.82) is 0 Å². The quantitative estimate of drug-likeness (QED) is 0.812. The minimum atomic E-state index is -2.13. The van der Waals surface area contributed by atoms with E-state index in [4.69, 9.17) is 4.11 Å². The second-order valence-corrected chi connectivity index (χ2v) is 5.82. The molecular weight excluding hydrogens is 315 g/mol. The molecule has 1 amide bonds. The predicted molar refractivity (Wildman–Crippen MR) is 91.6 cm³/mol. The molecule has 2 aromatic rings. The molecule has 0 N–H and O–H groups in total. The molecule has 0 aliphatic rings. The van der Waals surface area contributed by atoms with Gasteiger partial charge in [0.25, 0.3) is 0 Å². The van der Waals surface area contributed by atoms with Gasteiger partial charge in [-0.1, -0.05) is 6.92 Å². The highest BCUT2D eigenvalue weighted by atomic mass is 32.2. The van der Waals surface area contributed by atoms with Crippen LogP contribution in [-0.2, 0) is 4.79 Å². The van der Waals surface area contributed by atoms with Gasteiger partial charge in [-0.3, -0.25) is 9.78 Å². The Morgan fingerprint density at radius 1 is 1.57 bits per heavy atom. The number of amides is 1. The number of rotatable bonds is 6. The van der Waals surface area contributed by atoms with Gasteiger partial charge >= 0.3 is 0 Å². The van der Waals surface area contributed by atoms with Crippen molar-refractivity contribution in [3.05, 3.63) is 36.2 Å². The minimum Gasteiger partial charge on any atom is -0.309 e. The van der Waals surface area contributed by atoms with Crippen LogP contribution in [0.4, 0.5) is 10.1 Å². The number of nitrogens with zero attached hydrogens (tertiary/aromatic N) is 4. The lowest BCUT2D eigenvalue weighted by atomic mass is 10.1. The van der Waals surface area contributed by atoms with Crippen molar-refractivity contribution in [2.75, 3.05) is 23.4 Å². The van der Waals surface area contributed by atoms with E-state index >= 15 is 0 Å². The van der Waals surface area contributed by atoms with Crippen LogP contribution in [0.25, 0.3) is 5.69 Å². The Hall–Kier alpha value is -1.89. The van der Waals surface area contributed by atoms with Gasteiger partial charge in [-0.25, -0.2) is 9.07 Å². The summed E-state index contributed by atoms with van der Waals surface area (Å²) in [5.74, 6) is -0.911. The molecule has 5 nitrogen and oxygen atoms in total. The molecule has 0 fully saturated rings. The second-order valence-electron chi connectivity index (χ2n) is 5.20. The normalized spacial score (nSPS) is 14.7. The molecule has 124 valence electrons. The van der Waals surface area contributed by atoms with Gasteiger partial charge in [0.05, 0.1) is 35.7 Å². The molecule has 0 bridgehead atoms. The SMILES string of the molecule is [2H]C([2H])([2H])SCC(C)C(=O)N(CC)c1cn(-c2cncc(F)c2)nc1C. The highest BCUT2D eigenvalue weighted by Crippen LogP contribution is 2.23. The van der Waals surface area contributed by atoms with Crippen molar-refractivity contribution in [3.63, 3.8) is 0 Å². The predicted octanol–water partition coefficient (Wildman–Crippen LogP) is 3.07. The molecule has 0 saturated heterocycles. The van der Waals surface area contributed by atoms with E-state index in [1.165, 1.54) is 16.9 Å². The van der Waals surface area contributed by atoms with Gasteiger partial charge in [-0.2, -0.15) is 16.9 Å². The van der Waals surface area contributed by atoms with Crippen molar-refractivity contribution in [2.24, 2.45) is 5.92 Å². The number of carbonyl (C=O) groups excluding carboxylic acids is 1. The molecule has 0 aliphatic heterocycles. The van der Waals surface area contributed by atoms with Crippen LogP contribution in [-0.4, -0.2) is 39.2 Å². The Morgan fingerprint density at radius 2 is 2.35 bits per heavy atom. The fourth-order valence-electron chi connectivity index (χ4n) is 2.28. The topological polar surface area (TPSA) is 51.0 Å². The van der Waals surface area contributed by atoms with Crippen LogP contribution < -0.4 is 4.90 Å². The van der Waals surface area contributed by atoms with E-state index in [0.29, 0.717) is 23.6 Å². The number of carbonyl (C=O) groups is 1. The third kappa shape index (κ3) is 3.90. The molecule has 0 spiro atoms. The fraction of sp³-hybridized carbons (Fsp3) is 0.438. The molecule has 23 heavy (non-hydrogen) atoms. The molecule has 2 aromatic heterocycles. The minimum absolute atomic E-state index is 0.177. The Morgan fingerprint density at radius 3 is 3.00 bits per heavy atom. The Kier molecular flexibility index (Phi) is 4.47. The van der Waals surface area contributed by atoms with Gasteiger partial charge in [0, 0.05) is 28.4 Å². The van der Waals surface area contributed by atoms with Gasteiger partial charge in [-0.05, 0) is 20.0 Å². The first-order valence-corrected chi connectivity index (χ1v) is 8.23. The zero-order chi connectivity index (χ0) is 19.5. The first-order chi connectivity index (χ1) is 12.1. The van der Waals surface area contributed by atoms with E-state index < -0.39 is 17.9 Å². The number of anilines is 1. The zero-order valence-corrected chi connectivity index (χ0v) is 14.1. The standard InChI is InChI=1S/C16H21FN4OS/c1-5-20(16(22)11(2)10-23-4)15-9-21(19-12(15)3)14-6-13(17)7-18-8-14/h6-9,11H,5,10H2,1-4H3/i4D3. The first-order valence-electron chi connectivity index (χ1n) is 8.75. The lowest BCUT2D eigenvalue weighted by Gasteiger charge is -2.23. The van der Waals surface area contributed by atoms with Gasteiger partial charge in [0.15, 0.2) is 0 Å². The van der Waals surface area contributed by atoms with Crippen LogP contribution in [0.1, 0.15) is 23.7 Å². The summed E-state index contributed by atoms with van der Waals surface area (Å²) in [7, 11) is 0. The van der Waals surface area contributed by atoms with Crippen LogP contribution in [0.15, 0.2) is 24.7 Å². The average molecular weight is 339 g/mol. The van der Waals surface area contributed by atoms with Crippen molar-refractivity contribution in [1.82, 2.24) is 14.8 Å². The van der Waals surface area contributed by atoms with Crippen molar-refractivity contribution in [3.8, 4) is 5.69 Å². The van der Waals surface area contributed by atoms with E-state index in [0.717, 1.165) is 18.0 Å². The number of pyridine rings is 1. The Labute approximate surface area is 144 Å². The van der Waals surface area contributed by atoms with Crippen molar-refractivity contribution in [2.45, 2.75) is 20.8 Å². The van der Waals surface area contributed by atoms with E-state index in [2.05, 4.69) is 10.1 Å². The number of hydrogen-bond acceptors (Lipinski definition) is 4. The summed E-state index contributed by atoms with van der Waals surface area (Å²) in [6.07, 6.45) is 2.10. The third-order valence-electron chi connectivity index (χ3n) is 3.46. The van der Waals surface area contributed by atoms with Crippen molar-refractivity contribution >= 4 is 23.4 Å².